The predicted octanol–water partition coefficient (Wildman–Crippen LogP) is 2.36. The molecule has 1 atom stereocenters. The van der Waals surface area contributed by atoms with Crippen LogP contribution in [0.3, 0.4) is 0 Å². The second-order valence-electron chi connectivity index (χ2n) is 5.28. The zero-order valence-electron chi connectivity index (χ0n) is 12.0. The molecule has 0 aliphatic heterocycles. The molecule has 1 unspecified atom stereocenters. The molecule has 19 heavy (non-hydrogen) atoms. The molecule has 0 spiro atoms. The third-order valence-corrected chi connectivity index (χ3v) is 5.06. The average Bonchev–Trinajstić information content (AvgIpc) is 2.77. The predicted molar refractivity (Wildman–Crippen MR) is 82.0 cm³/mol. The van der Waals surface area contributed by atoms with Crippen molar-refractivity contribution < 1.29 is 8.42 Å². The van der Waals surface area contributed by atoms with Crippen molar-refractivity contribution in [2.24, 2.45) is 5.92 Å². The monoisotopic (exact) mass is 304 g/mol. The molecule has 4 nitrogen and oxygen atoms in total. The number of nitrogens with one attached hydrogen (secondary N) is 2. The molecule has 0 radical (unpaired) electrons. The molecule has 0 saturated carbocycles. The van der Waals surface area contributed by atoms with Crippen LogP contribution < -0.4 is 10.0 Å². The first-order valence-corrected chi connectivity index (χ1v) is 9.12. The van der Waals surface area contributed by atoms with Crippen LogP contribution >= 0.6 is 11.3 Å². The minimum absolute atomic E-state index is 0.111. The lowest BCUT2D eigenvalue weighted by Crippen LogP contribution is -2.37. The van der Waals surface area contributed by atoms with E-state index in [0.717, 1.165) is 4.88 Å². The fourth-order valence-electron chi connectivity index (χ4n) is 1.73. The maximum absolute atomic E-state index is 12.1. The third-order valence-electron chi connectivity index (χ3n) is 2.75. The van der Waals surface area contributed by atoms with Gasteiger partial charge in [0.25, 0.3) is 0 Å². The molecule has 0 aliphatic rings. The van der Waals surface area contributed by atoms with E-state index in [1.54, 1.807) is 11.3 Å². The molecule has 0 amide bonds. The lowest BCUT2D eigenvalue weighted by Gasteiger charge is -2.21. The van der Waals surface area contributed by atoms with Gasteiger partial charge in [-0.2, -0.15) is 0 Å². The first-order chi connectivity index (χ1) is 8.82. The van der Waals surface area contributed by atoms with Crippen LogP contribution in [-0.4, -0.2) is 26.8 Å². The van der Waals surface area contributed by atoms with Crippen molar-refractivity contribution in [1.82, 2.24) is 10.0 Å². The summed E-state index contributed by atoms with van der Waals surface area (Å²) in [6.45, 7) is 8.53. The van der Waals surface area contributed by atoms with Crippen LogP contribution in [-0.2, 0) is 10.0 Å². The van der Waals surface area contributed by atoms with Crippen LogP contribution in [0.4, 0.5) is 0 Å². The second kappa shape index (κ2) is 7.38. The molecule has 1 aromatic heterocycles. The molecule has 2 N–H and O–H groups in total. The third kappa shape index (κ3) is 6.03. The summed E-state index contributed by atoms with van der Waals surface area (Å²) in [5, 5.41) is 5.09. The number of hydrogen-bond acceptors (Lipinski definition) is 4. The molecule has 0 aromatic carbocycles. The van der Waals surface area contributed by atoms with Crippen molar-refractivity contribution in [3.63, 3.8) is 0 Å². The SMILES string of the molecule is CC(C)NCCS(=O)(=O)NC(c1cccs1)C(C)C. The zero-order chi connectivity index (χ0) is 14.5. The Labute approximate surface area is 120 Å². The van der Waals surface area contributed by atoms with E-state index in [9.17, 15) is 8.42 Å². The molecule has 110 valence electrons. The Morgan fingerprint density at radius 1 is 1.26 bits per heavy atom. The Morgan fingerprint density at radius 3 is 2.42 bits per heavy atom. The van der Waals surface area contributed by atoms with Crippen LogP contribution in [0.5, 0.6) is 0 Å². The smallest absolute Gasteiger partial charge is 0.213 e. The van der Waals surface area contributed by atoms with Crippen LogP contribution in [0.15, 0.2) is 17.5 Å². The van der Waals surface area contributed by atoms with Gasteiger partial charge in [-0.05, 0) is 17.4 Å². The Morgan fingerprint density at radius 2 is 1.95 bits per heavy atom. The van der Waals surface area contributed by atoms with Crippen molar-refractivity contribution in [3.8, 4) is 0 Å². The van der Waals surface area contributed by atoms with Gasteiger partial charge in [0.1, 0.15) is 0 Å². The standard InChI is InChI=1S/C13H24N2O2S2/c1-10(2)13(12-6-5-8-18-12)15-19(16,17)9-7-14-11(3)4/h5-6,8,10-11,13-15H,7,9H2,1-4H3. The molecular weight excluding hydrogens is 280 g/mol. The topological polar surface area (TPSA) is 58.2 Å². The van der Waals surface area contributed by atoms with Gasteiger partial charge in [0.2, 0.25) is 10.0 Å². The van der Waals surface area contributed by atoms with Crippen molar-refractivity contribution in [1.29, 1.82) is 0 Å². The molecule has 0 bridgehead atoms. The molecule has 0 saturated heterocycles. The summed E-state index contributed by atoms with van der Waals surface area (Å²) in [4.78, 5) is 1.07. The Kier molecular flexibility index (Phi) is 6.46. The van der Waals surface area contributed by atoms with Crippen LogP contribution in [0.2, 0.25) is 0 Å². The van der Waals surface area contributed by atoms with Gasteiger partial charge in [0.05, 0.1) is 11.8 Å². The van der Waals surface area contributed by atoms with E-state index in [1.807, 2.05) is 45.2 Å². The van der Waals surface area contributed by atoms with Gasteiger partial charge in [-0.15, -0.1) is 11.3 Å². The molecule has 1 aromatic rings. The zero-order valence-corrected chi connectivity index (χ0v) is 13.6. The molecule has 0 aliphatic carbocycles. The summed E-state index contributed by atoms with van der Waals surface area (Å²) >= 11 is 1.59. The highest BCUT2D eigenvalue weighted by Gasteiger charge is 2.22. The highest BCUT2D eigenvalue weighted by atomic mass is 32.2. The second-order valence-corrected chi connectivity index (χ2v) is 8.14. The summed E-state index contributed by atoms with van der Waals surface area (Å²) in [5.74, 6) is 0.339. The van der Waals surface area contributed by atoms with Crippen LogP contribution in [0.25, 0.3) is 0 Å². The fraction of sp³-hybridized carbons (Fsp3) is 0.692. The van der Waals surface area contributed by atoms with Crippen LogP contribution in [0, 0.1) is 5.92 Å². The van der Waals surface area contributed by atoms with E-state index in [0.29, 0.717) is 12.6 Å². The summed E-state index contributed by atoms with van der Waals surface area (Å²) in [5.41, 5.74) is 0. The lowest BCUT2D eigenvalue weighted by atomic mass is 10.0. The number of hydrogen-bond donors (Lipinski definition) is 2. The van der Waals surface area contributed by atoms with Gasteiger partial charge >= 0.3 is 0 Å². The fourth-order valence-corrected chi connectivity index (χ4v) is 4.04. The van der Waals surface area contributed by atoms with E-state index in [2.05, 4.69) is 10.0 Å². The van der Waals surface area contributed by atoms with Crippen molar-refractivity contribution in [2.45, 2.75) is 39.8 Å². The number of thiophene rings is 1. The van der Waals surface area contributed by atoms with Crippen molar-refractivity contribution in [2.75, 3.05) is 12.3 Å². The largest absolute Gasteiger partial charge is 0.313 e. The summed E-state index contributed by atoms with van der Waals surface area (Å²) < 4.78 is 27.0. The average molecular weight is 304 g/mol. The van der Waals surface area contributed by atoms with E-state index < -0.39 is 10.0 Å². The molecule has 1 heterocycles. The van der Waals surface area contributed by atoms with E-state index in [1.165, 1.54) is 0 Å². The minimum atomic E-state index is -3.25. The van der Waals surface area contributed by atoms with E-state index in [4.69, 9.17) is 0 Å². The number of rotatable bonds is 8. The lowest BCUT2D eigenvalue weighted by molar-refractivity contribution is 0.467. The van der Waals surface area contributed by atoms with E-state index >= 15 is 0 Å². The first kappa shape index (κ1) is 16.6. The first-order valence-electron chi connectivity index (χ1n) is 6.58. The summed E-state index contributed by atoms with van der Waals surface area (Å²) in [6, 6.07) is 4.09. The summed E-state index contributed by atoms with van der Waals surface area (Å²) in [6.07, 6.45) is 0. The normalized spacial score (nSPS) is 14.2. The molecule has 0 fully saturated rings. The quantitative estimate of drug-likeness (QED) is 0.775. The Balaban J connectivity index is 2.63. The molecule has 6 heteroatoms. The Bertz CT molecular complexity index is 453. The van der Waals surface area contributed by atoms with Gasteiger partial charge < -0.3 is 5.32 Å². The number of sulfonamides is 1. The van der Waals surface area contributed by atoms with Gasteiger partial charge in [0.15, 0.2) is 0 Å². The molecular formula is C13H24N2O2S2. The minimum Gasteiger partial charge on any atom is -0.313 e. The van der Waals surface area contributed by atoms with Crippen molar-refractivity contribution >= 4 is 21.4 Å². The maximum atomic E-state index is 12.1. The van der Waals surface area contributed by atoms with Crippen molar-refractivity contribution in [3.05, 3.63) is 22.4 Å². The highest BCUT2D eigenvalue weighted by molar-refractivity contribution is 7.89. The van der Waals surface area contributed by atoms with Gasteiger partial charge in [0, 0.05) is 17.5 Å². The molecule has 1 rings (SSSR count). The highest BCUT2D eigenvalue weighted by Crippen LogP contribution is 2.26. The van der Waals surface area contributed by atoms with Gasteiger partial charge in [-0.25, -0.2) is 13.1 Å². The Hall–Kier alpha value is -0.430. The summed E-state index contributed by atoms with van der Waals surface area (Å²) in [7, 11) is -3.25. The maximum Gasteiger partial charge on any atom is 0.213 e. The van der Waals surface area contributed by atoms with Gasteiger partial charge in [-0.1, -0.05) is 33.8 Å². The van der Waals surface area contributed by atoms with Crippen LogP contribution in [0.1, 0.15) is 38.6 Å². The van der Waals surface area contributed by atoms with E-state index in [-0.39, 0.29) is 17.7 Å². The van der Waals surface area contributed by atoms with Gasteiger partial charge in [-0.3, -0.25) is 0 Å².